The Hall–Kier alpha value is -2.09. The number of anilines is 1. The van der Waals surface area contributed by atoms with Gasteiger partial charge >= 0.3 is 0 Å². The first-order chi connectivity index (χ1) is 13.8. The number of hydrogen-bond donors (Lipinski definition) is 0. The Kier molecular flexibility index (Phi) is 5.31. The summed E-state index contributed by atoms with van der Waals surface area (Å²) in [7, 11) is -3.89. The van der Waals surface area contributed by atoms with Gasteiger partial charge in [-0.3, -0.25) is 9.10 Å². The number of ether oxygens (including phenoxy) is 1. The molecule has 2 unspecified atom stereocenters. The number of rotatable bonds is 3. The third kappa shape index (κ3) is 3.74. The van der Waals surface area contributed by atoms with Gasteiger partial charge in [-0.05, 0) is 50.1 Å². The molecule has 4 rings (SSSR count). The van der Waals surface area contributed by atoms with Gasteiger partial charge in [0.15, 0.2) is 0 Å². The molecular weight excluding hydrogens is 412 g/mol. The minimum atomic E-state index is -3.89. The smallest absolute Gasteiger partial charge is 0.265 e. The molecule has 2 atom stereocenters. The van der Waals surface area contributed by atoms with Crippen LogP contribution in [-0.2, 0) is 21.2 Å². The Morgan fingerprint density at radius 2 is 1.79 bits per heavy atom. The summed E-state index contributed by atoms with van der Waals surface area (Å²) in [6.07, 6.45) is 0.508. The van der Waals surface area contributed by atoms with E-state index in [1.807, 2.05) is 32.0 Å². The largest absolute Gasteiger partial charge is 0.372 e. The first kappa shape index (κ1) is 20.2. The highest BCUT2D eigenvalue weighted by atomic mass is 35.5. The van der Waals surface area contributed by atoms with Gasteiger partial charge in [0.05, 0.1) is 22.9 Å². The summed E-state index contributed by atoms with van der Waals surface area (Å²) in [6, 6.07) is 11.9. The van der Waals surface area contributed by atoms with E-state index in [0.717, 1.165) is 5.56 Å². The topological polar surface area (TPSA) is 66.9 Å². The van der Waals surface area contributed by atoms with E-state index in [0.29, 0.717) is 37.3 Å². The van der Waals surface area contributed by atoms with Crippen molar-refractivity contribution in [3.8, 4) is 0 Å². The fraction of sp³-hybridized carbons (Fsp3) is 0.381. The summed E-state index contributed by atoms with van der Waals surface area (Å²) in [5, 5.41) is 0.106. The lowest BCUT2D eigenvalue weighted by atomic mass is 10.1. The molecule has 1 saturated heterocycles. The van der Waals surface area contributed by atoms with E-state index in [1.165, 1.54) is 16.4 Å². The number of carbonyl (C=O) groups is 1. The van der Waals surface area contributed by atoms with Crippen LogP contribution in [0.15, 0.2) is 47.4 Å². The first-order valence-electron chi connectivity index (χ1n) is 9.62. The van der Waals surface area contributed by atoms with Gasteiger partial charge in [0.2, 0.25) is 0 Å². The number of benzene rings is 2. The standard InChI is InChI=1S/C21H23ClN2O4S/c1-14-12-23(13-15(2)28-14)21(25)17-7-8-18(22)20(11-17)29(26,27)24-10-9-16-5-3-4-6-19(16)24/h3-8,11,14-15H,9-10,12-13H2,1-2H3. The number of halogens is 1. The van der Waals surface area contributed by atoms with Gasteiger partial charge in [-0.25, -0.2) is 8.42 Å². The van der Waals surface area contributed by atoms with E-state index < -0.39 is 10.0 Å². The van der Waals surface area contributed by atoms with Crippen molar-refractivity contribution in [1.29, 1.82) is 0 Å². The van der Waals surface area contributed by atoms with Crippen LogP contribution >= 0.6 is 11.6 Å². The molecule has 0 N–H and O–H groups in total. The lowest BCUT2D eigenvalue weighted by Gasteiger charge is -2.35. The second-order valence-corrected chi connectivity index (χ2v) is 9.81. The second kappa shape index (κ2) is 7.63. The third-order valence-corrected chi connectivity index (χ3v) is 7.59. The van der Waals surface area contributed by atoms with Crippen LogP contribution in [0.25, 0.3) is 0 Å². The van der Waals surface area contributed by atoms with Crippen LogP contribution in [0.3, 0.4) is 0 Å². The highest BCUT2D eigenvalue weighted by molar-refractivity contribution is 7.93. The zero-order valence-electron chi connectivity index (χ0n) is 16.3. The van der Waals surface area contributed by atoms with Crippen LogP contribution in [0.4, 0.5) is 5.69 Å². The maximum atomic E-state index is 13.4. The average Bonchev–Trinajstić information content (AvgIpc) is 3.12. The summed E-state index contributed by atoms with van der Waals surface area (Å²) >= 11 is 6.27. The van der Waals surface area contributed by atoms with Crippen molar-refractivity contribution in [3.05, 3.63) is 58.6 Å². The van der Waals surface area contributed by atoms with Crippen molar-refractivity contribution in [2.75, 3.05) is 23.9 Å². The summed E-state index contributed by atoms with van der Waals surface area (Å²) in [4.78, 5) is 14.7. The SMILES string of the molecule is CC1CN(C(=O)c2ccc(Cl)c(S(=O)(=O)N3CCc4ccccc43)c2)CC(C)O1. The Morgan fingerprint density at radius 1 is 1.10 bits per heavy atom. The molecule has 0 aromatic heterocycles. The molecule has 2 heterocycles. The van der Waals surface area contributed by atoms with Gasteiger partial charge in [-0.15, -0.1) is 0 Å². The van der Waals surface area contributed by atoms with Crippen LogP contribution in [-0.4, -0.2) is 51.1 Å². The lowest BCUT2D eigenvalue weighted by molar-refractivity contribution is -0.0586. The molecule has 0 bridgehead atoms. The highest BCUT2D eigenvalue weighted by Crippen LogP contribution is 2.35. The number of morpholine rings is 1. The van der Waals surface area contributed by atoms with Gasteiger partial charge in [-0.2, -0.15) is 0 Å². The van der Waals surface area contributed by atoms with Crippen molar-refractivity contribution < 1.29 is 17.9 Å². The molecule has 0 radical (unpaired) electrons. The minimum Gasteiger partial charge on any atom is -0.372 e. The highest BCUT2D eigenvalue weighted by Gasteiger charge is 2.33. The maximum Gasteiger partial charge on any atom is 0.265 e. The van der Waals surface area contributed by atoms with Crippen LogP contribution in [0.1, 0.15) is 29.8 Å². The molecule has 2 aromatic rings. The monoisotopic (exact) mass is 434 g/mol. The molecule has 8 heteroatoms. The quantitative estimate of drug-likeness (QED) is 0.743. The third-order valence-electron chi connectivity index (χ3n) is 5.30. The first-order valence-corrected chi connectivity index (χ1v) is 11.4. The van der Waals surface area contributed by atoms with Gasteiger partial charge in [0, 0.05) is 25.2 Å². The molecule has 6 nitrogen and oxygen atoms in total. The summed E-state index contributed by atoms with van der Waals surface area (Å²) in [5.74, 6) is -0.220. The van der Waals surface area contributed by atoms with Crippen LogP contribution in [0.2, 0.25) is 5.02 Å². The summed E-state index contributed by atoms with van der Waals surface area (Å²) in [5.41, 5.74) is 1.95. The number of hydrogen-bond acceptors (Lipinski definition) is 4. The van der Waals surface area contributed by atoms with Gasteiger partial charge in [-0.1, -0.05) is 29.8 Å². The van der Waals surface area contributed by atoms with Gasteiger partial charge in [0.1, 0.15) is 4.90 Å². The van der Waals surface area contributed by atoms with E-state index in [1.54, 1.807) is 17.0 Å². The molecule has 2 aliphatic heterocycles. The zero-order chi connectivity index (χ0) is 20.8. The molecule has 0 spiro atoms. The number of carbonyl (C=O) groups excluding carboxylic acids is 1. The second-order valence-electron chi connectivity index (χ2n) is 7.57. The van der Waals surface area contributed by atoms with Crippen molar-refractivity contribution in [1.82, 2.24) is 4.90 Å². The minimum absolute atomic E-state index is 0.0453. The van der Waals surface area contributed by atoms with Gasteiger partial charge in [0.25, 0.3) is 15.9 Å². The number of fused-ring (bicyclic) bond motifs is 1. The number of amides is 1. The maximum absolute atomic E-state index is 13.4. The van der Waals surface area contributed by atoms with Crippen molar-refractivity contribution in [2.24, 2.45) is 0 Å². The normalized spacial score (nSPS) is 21.9. The molecule has 1 fully saturated rings. The summed E-state index contributed by atoms with van der Waals surface area (Å²) < 4.78 is 33.8. The Labute approximate surface area is 176 Å². The number of para-hydroxylation sites is 1. The molecular formula is C21H23ClN2O4S. The molecule has 154 valence electrons. The van der Waals surface area contributed by atoms with Crippen LogP contribution in [0.5, 0.6) is 0 Å². The Balaban J connectivity index is 1.68. The zero-order valence-corrected chi connectivity index (χ0v) is 17.9. The average molecular weight is 435 g/mol. The predicted molar refractivity (Wildman–Crippen MR) is 112 cm³/mol. The molecule has 0 saturated carbocycles. The van der Waals surface area contributed by atoms with Crippen LogP contribution < -0.4 is 4.31 Å². The van der Waals surface area contributed by atoms with E-state index >= 15 is 0 Å². The predicted octanol–water partition coefficient (Wildman–Crippen LogP) is 3.34. The molecule has 29 heavy (non-hydrogen) atoms. The van der Waals surface area contributed by atoms with Crippen molar-refractivity contribution in [3.63, 3.8) is 0 Å². The Bertz CT molecular complexity index is 1050. The van der Waals surface area contributed by atoms with Crippen LogP contribution in [0, 0.1) is 0 Å². The lowest BCUT2D eigenvalue weighted by Crippen LogP contribution is -2.48. The van der Waals surface area contributed by atoms with E-state index in [4.69, 9.17) is 16.3 Å². The van der Waals surface area contributed by atoms with Crippen molar-refractivity contribution in [2.45, 2.75) is 37.4 Å². The van der Waals surface area contributed by atoms with Crippen molar-refractivity contribution >= 4 is 33.2 Å². The number of nitrogens with zero attached hydrogens (tertiary/aromatic N) is 2. The van der Waals surface area contributed by atoms with E-state index in [2.05, 4.69) is 0 Å². The fourth-order valence-corrected chi connectivity index (χ4v) is 6.04. The molecule has 0 aliphatic carbocycles. The molecule has 2 aromatic carbocycles. The fourth-order valence-electron chi connectivity index (χ4n) is 4.04. The van der Waals surface area contributed by atoms with E-state index in [9.17, 15) is 13.2 Å². The molecule has 2 aliphatic rings. The summed E-state index contributed by atoms with van der Waals surface area (Å²) in [6.45, 7) is 5.12. The van der Waals surface area contributed by atoms with E-state index in [-0.39, 0.29) is 28.0 Å². The Morgan fingerprint density at radius 3 is 2.52 bits per heavy atom. The van der Waals surface area contributed by atoms with Gasteiger partial charge < -0.3 is 9.64 Å². The number of sulfonamides is 1. The molecule has 1 amide bonds.